The number of likely N-dealkylation sites (tertiary alicyclic amines) is 1. The first kappa shape index (κ1) is 12.9. The first-order valence-electron chi connectivity index (χ1n) is 7.15. The third-order valence-corrected chi connectivity index (χ3v) is 4.61. The molecular weight excluding hydrogens is 214 g/mol. The second-order valence-electron chi connectivity index (χ2n) is 5.88. The van der Waals surface area contributed by atoms with Gasteiger partial charge in [0.1, 0.15) is 6.04 Å². The molecule has 17 heavy (non-hydrogen) atoms. The summed E-state index contributed by atoms with van der Waals surface area (Å²) in [6.45, 7) is 4.04. The van der Waals surface area contributed by atoms with Crippen molar-refractivity contribution >= 4 is 5.97 Å². The highest BCUT2D eigenvalue weighted by Gasteiger charge is 2.36. The van der Waals surface area contributed by atoms with Crippen LogP contribution in [0.25, 0.3) is 0 Å². The van der Waals surface area contributed by atoms with Crippen molar-refractivity contribution in [3.8, 4) is 0 Å². The van der Waals surface area contributed by atoms with E-state index >= 15 is 0 Å². The van der Waals surface area contributed by atoms with Gasteiger partial charge >= 0.3 is 5.97 Å². The molecule has 1 aliphatic carbocycles. The van der Waals surface area contributed by atoms with E-state index in [-0.39, 0.29) is 6.04 Å². The average molecular weight is 239 g/mol. The van der Waals surface area contributed by atoms with Gasteiger partial charge in [0, 0.05) is 0 Å². The molecule has 0 aromatic carbocycles. The van der Waals surface area contributed by atoms with Crippen molar-refractivity contribution in [3.63, 3.8) is 0 Å². The van der Waals surface area contributed by atoms with E-state index in [1.54, 1.807) is 0 Å². The van der Waals surface area contributed by atoms with Gasteiger partial charge in [-0.15, -0.1) is 0 Å². The van der Waals surface area contributed by atoms with Crippen LogP contribution in [0.5, 0.6) is 0 Å². The molecule has 2 atom stereocenters. The zero-order valence-corrected chi connectivity index (χ0v) is 10.9. The molecule has 3 nitrogen and oxygen atoms in total. The fourth-order valence-corrected chi connectivity index (χ4v) is 3.50. The lowest BCUT2D eigenvalue weighted by atomic mass is 9.87. The van der Waals surface area contributed by atoms with E-state index in [2.05, 4.69) is 11.8 Å². The Hall–Kier alpha value is -0.570. The molecule has 98 valence electrons. The predicted octanol–water partition coefficient (Wildman–Crippen LogP) is 2.75. The molecule has 0 bridgehead atoms. The van der Waals surface area contributed by atoms with Gasteiger partial charge in [-0.25, -0.2) is 0 Å². The second-order valence-corrected chi connectivity index (χ2v) is 5.88. The number of nitrogens with zero attached hydrogens (tertiary/aromatic N) is 1. The van der Waals surface area contributed by atoms with Gasteiger partial charge in [-0.1, -0.05) is 39.0 Å². The summed E-state index contributed by atoms with van der Waals surface area (Å²) in [5, 5.41) is 9.25. The van der Waals surface area contributed by atoms with E-state index in [1.807, 2.05) is 0 Å². The van der Waals surface area contributed by atoms with Gasteiger partial charge in [0.05, 0.1) is 0 Å². The normalized spacial score (nSPS) is 31.8. The Morgan fingerprint density at radius 2 is 1.94 bits per heavy atom. The van der Waals surface area contributed by atoms with Crippen LogP contribution in [0.15, 0.2) is 0 Å². The quantitative estimate of drug-likeness (QED) is 0.820. The molecule has 2 rings (SSSR count). The molecule has 1 N–H and O–H groups in total. The highest BCUT2D eigenvalue weighted by atomic mass is 16.4. The molecule has 3 heteroatoms. The summed E-state index contributed by atoms with van der Waals surface area (Å²) in [7, 11) is 0. The number of hydrogen-bond donors (Lipinski definition) is 1. The van der Waals surface area contributed by atoms with Crippen LogP contribution < -0.4 is 0 Å². The summed E-state index contributed by atoms with van der Waals surface area (Å²) in [5.74, 6) is 0.548. The number of rotatable bonds is 4. The van der Waals surface area contributed by atoms with Crippen molar-refractivity contribution in [1.29, 1.82) is 0 Å². The summed E-state index contributed by atoms with van der Waals surface area (Å²) in [5.41, 5.74) is 0. The molecular formula is C14H25NO2. The summed E-state index contributed by atoms with van der Waals surface area (Å²) < 4.78 is 0. The Morgan fingerprint density at radius 1 is 1.24 bits per heavy atom. The monoisotopic (exact) mass is 239 g/mol. The number of aliphatic carboxylic acids is 1. The van der Waals surface area contributed by atoms with Crippen LogP contribution in [0.2, 0.25) is 0 Å². The van der Waals surface area contributed by atoms with Gasteiger partial charge < -0.3 is 5.11 Å². The molecule has 0 radical (unpaired) electrons. The van der Waals surface area contributed by atoms with Gasteiger partial charge in [0.15, 0.2) is 0 Å². The van der Waals surface area contributed by atoms with Gasteiger partial charge in [0.25, 0.3) is 0 Å². The first-order chi connectivity index (χ1) is 8.18. The topological polar surface area (TPSA) is 40.5 Å². The van der Waals surface area contributed by atoms with E-state index in [4.69, 9.17) is 0 Å². The van der Waals surface area contributed by atoms with Gasteiger partial charge in [-0.3, -0.25) is 9.69 Å². The molecule has 2 unspecified atom stereocenters. The zero-order chi connectivity index (χ0) is 12.3. The molecule has 0 spiro atoms. The highest BCUT2D eigenvalue weighted by molar-refractivity contribution is 5.74. The number of carbonyl (C=O) groups is 1. The van der Waals surface area contributed by atoms with Gasteiger partial charge in [-0.2, -0.15) is 0 Å². The lowest BCUT2D eigenvalue weighted by Gasteiger charge is -2.27. The molecule has 2 fully saturated rings. The minimum absolute atomic E-state index is 0.224. The van der Waals surface area contributed by atoms with Crippen LogP contribution in [-0.4, -0.2) is 35.1 Å². The third-order valence-electron chi connectivity index (χ3n) is 4.61. The Bertz CT molecular complexity index is 261. The largest absolute Gasteiger partial charge is 0.480 e. The Kier molecular flexibility index (Phi) is 4.43. The smallest absolute Gasteiger partial charge is 0.321 e. The summed E-state index contributed by atoms with van der Waals surface area (Å²) in [4.78, 5) is 13.4. The van der Waals surface area contributed by atoms with E-state index < -0.39 is 5.97 Å². The van der Waals surface area contributed by atoms with Crippen LogP contribution >= 0.6 is 0 Å². The highest BCUT2D eigenvalue weighted by Crippen LogP contribution is 2.29. The van der Waals surface area contributed by atoms with Crippen LogP contribution in [0.4, 0.5) is 0 Å². The molecule has 0 aromatic heterocycles. The van der Waals surface area contributed by atoms with Crippen LogP contribution in [0.1, 0.15) is 51.9 Å². The minimum Gasteiger partial charge on any atom is -0.480 e. The van der Waals surface area contributed by atoms with Crippen LogP contribution in [-0.2, 0) is 4.79 Å². The van der Waals surface area contributed by atoms with Crippen molar-refractivity contribution in [2.75, 3.05) is 13.1 Å². The lowest BCUT2D eigenvalue weighted by Crippen LogP contribution is -2.40. The Labute approximate surface area is 104 Å². The molecule has 1 heterocycles. The van der Waals surface area contributed by atoms with Crippen molar-refractivity contribution in [1.82, 2.24) is 4.90 Å². The van der Waals surface area contributed by atoms with E-state index in [1.165, 1.54) is 38.5 Å². The van der Waals surface area contributed by atoms with E-state index in [9.17, 15) is 9.90 Å². The van der Waals surface area contributed by atoms with E-state index in [0.717, 1.165) is 25.4 Å². The van der Waals surface area contributed by atoms with Crippen molar-refractivity contribution in [3.05, 3.63) is 0 Å². The fourth-order valence-electron chi connectivity index (χ4n) is 3.50. The first-order valence-corrected chi connectivity index (χ1v) is 7.15. The maximum atomic E-state index is 11.2. The zero-order valence-electron chi connectivity index (χ0n) is 10.9. The fraction of sp³-hybridized carbons (Fsp3) is 0.929. The second kappa shape index (κ2) is 5.85. The number of carboxylic acids is 1. The van der Waals surface area contributed by atoms with Gasteiger partial charge in [0.2, 0.25) is 0 Å². The van der Waals surface area contributed by atoms with Gasteiger partial charge in [-0.05, 0) is 37.8 Å². The Morgan fingerprint density at radius 3 is 2.59 bits per heavy atom. The maximum absolute atomic E-state index is 11.2. The summed E-state index contributed by atoms with van der Waals surface area (Å²) >= 11 is 0. The molecule has 2 aliphatic rings. The third kappa shape index (κ3) is 3.21. The minimum atomic E-state index is -0.626. The van der Waals surface area contributed by atoms with Crippen LogP contribution in [0.3, 0.4) is 0 Å². The SMILES string of the molecule is CC1CCN(CCC2CCCCC2)C1C(=O)O. The molecule has 0 aromatic rings. The molecule has 0 amide bonds. The summed E-state index contributed by atoms with van der Waals surface area (Å²) in [6, 6.07) is -0.224. The number of carboxylic acid groups (broad SMARTS) is 1. The maximum Gasteiger partial charge on any atom is 0.321 e. The average Bonchev–Trinajstić information content (AvgIpc) is 2.69. The van der Waals surface area contributed by atoms with Crippen LogP contribution in [0, 0.1) is 11.8 Å². The van der Waals surface area contributed by atoms with Crippen molar-refractivity contribution in [2.24, 2.45) is 11.8 Å². The van der Waals surface area contributed by atoms with Crippen molar-refractivity contribution < 1.29 is 9.90 Å². The summed E-state index contributed by atoms with van der Waals surface area (Å²) in [6.07, 6.45) is 9.13. The van der Waals surface area contributed by atoms with E-state index in [0.29, 0.717) is 5.92 Å². The Balaban J connectivity index is 1.79. The number of hydrogen-bond acceptors (Lipinski definition) is 2. The standard InChI is InChI=1S/C14H25NO2/c1-11-7-9-15(13(11)14(16)17)10-8-12-5-3-2-4-6-12/h11-13H,2-10H2,1H3,(H,16,17). The van der Waals surface area contributed by atoms with Crippen molar-refractivity contribution in [2.45, 2.75) is 57.9 Å². The molecule has 1 aliphatic heterocycles. The lowest BCUT2D eigenvalue weighted by molar-refractivity contribution is -0.143. The predicted molar refractivity (Wildman–Crippen MR) is 68.0 cm³/mol. The molecule has 1 saturated heterocycles. The molecule has 1 saturated carbocycles.